The molecule has 1 heteroatoms. The van der Waals surface area contributed by atoms with E-state index >= 15 is 0 Å². The third-order valence-electron chi connectivity index (χ3n) is 3.18. The molecular formula is C11H19Zr. The third kappa shape index (κ3) is 1.53. The van der Waals surface area contributed by atoms with Crippen LogP contribution in [0, 0.1) is 5.92 Å². The first-order chi connectivity index (χ1) is 5.46. The van der Waals surface area contributed by atoms with Crippen molar-refractivity contribution in [3.05, 3.63) is 20.0 Å². The van der Waals surface area contributed by atoms with Crippen LogP contribution in [0.25, 0.3) is 0 Å². The normalized spacial score (nSPS) is 24.0. The second-order valence-electron chi connectivity index (χ2n) is 4.07. The van der Waals surface area contributed by atoms with Crippen LogP contribution < -0.4 is 0 Å². The van der Waals surface area contributed by atoms with Gasteiger partial charge in [0, 0.05) is 0 Å². The molecule has 0 radical (unpaired) electrons. The first-order valence-electron chi connectivity index (χ1n) is 4.65. The zero-order chi connectivity index (χ0) is 9.46. The van der Waals surface area contributed by atoms with Crippen molar-refractivity contribution in [2.24, 2.45) is 5.92 Å². The zero-order valence-corrected chi connectivity index (χ0v) is 11.5. The van der Waals surface area contributed by atoms with Crippen LogP contribution in [0.2, 0.25) is 9.26 Å². The first-order valence-corrected chi connectivity index (χ1v) is 10.8. The third-order valence-corrected chi connectivity index (χ3v) is 7.81. The van der Waals surface area contributed by atoms with E-state index < -0.39 is 21.8 Å². The number of hydrogen-bond donors (Lipinski definition) is 0. The van der Waals surface area contributed by atoms with Gasteiger partial charge in [0.25, 0.3) is 0 Å². The van der Waals surface area contributed by atoms with Crippen LogP contribution in [0.4, 0.5) is 0 Å². The molecule has 0 spiro atoms. The monoisotopic (exact) mass is 241 g/mol. The average molecular weight is 242 g/mol. The molecule has 0 fully saturated rings. The summed E-state index contributed by atoms with van der Waals surface area (Å²) < 4.78 is 6.82. The van der Waals surface area contributed by atoms with Crippen LogP contribution in [0.1, 0.15) is 27.7 Å². The summed E-state index contributed by atoms with van der Waals surface area (Å²) in [5.41, 5.74) is 4.81. The van der Waals surface area contributed by atoms with Gasteiger partial charge < -0.3 is 0 Å². The summed E-state index contributed by atoms with van der Waals surface area (Å²) in [4.78, 5) is 0. The van der Waals surface area contributed by atoms with Crippen molar-refractivity contribution in [1.82, 2.24) is 0 Å². The molecule has 0 aromatic heterocycles. The van der Waals surface area contributed by atoms with Crippen LogP contribution in [-0.4, -0.2) is 0 Å². The molecule has 0 saturated heterocycles. The Morgan fingerprint density at radius 2 is 1.50 bits per heavy atom. The van der Waals surface area contributed by atoms with Gasteiger partial charge in [-0.1, -0.05) is 0 Å². The summed E-state index contributed by atoms with van der Waals surface area (Å²) in [6.45, 7) is 9.26. The topological polar surface area (TPSA) is 0 Å². The molecule has 0 heterocycles. The van der Waals surface area contributed by atoms with Crippen LogP contribution >= 0.6 is 0 Å². The van der Waals surface area contributed by atoms with E-state index in [1.807, 2.05) is 3.28 Å². The molecule has 0 nitrogen and oxygen atoms in total. The maximum atomic E-state index is 2.49. The van der Waals surface area contributed by atoms with Crippen molar-refractivity contribution in [3.8, 4) is 0 Å². The van der Waals surface area contributed by atoms with Crippen molar-refractivity contribution in [3.63, 3.8) is 0 Å². The van der Waals surface area contributed by atoms with E-state index in [-0.39, 0.29) is 0 Å². The van der Waals surface area contributed by atoms with Gasteiger partial charge in [0.05, 0.1) is 0 Å². The van der Waals surface area contributed by atoms with E-state index in [1.165, 1.54) is 0 Å². The van der Waals surface area contributed by atoms with E-state index in [9.17, 15) is 0 Å². The summed E-state index contributed by atoms with van der Waals surface area (Å²) in [7, 11) is 0. The molecule has 0 N–H and O–H groups in total. The number of hydrogen-bond acceptors (Lipinski definition) is 0. The predicted octanol–water partition coefficient (Wildman–Crippen LogP) is 3.96. The van der Waals surface area contributed by atoms with E-state index in [0.717, 1.165) is 5.92 Å². The molecule has 1 aliphatic carbocycles. The van der Waals surface area contributed by atoms with E-state index in [4.69, 9.17) is 0 Å². The molecule has 12 heavy (non-hydrogen) atoms. The first kappa shape index (κ1) is 10.4. The van der Waals surface area contributed by atoms with Crippen molar-refractivity contribution < 1.29 is 21.8 Å². The molecule has 0 saturated carbocycles. The van der Waals surface area contributed by atoms with Gasteiger partial charge in [-0.2, -0.15) is 0 Å². The standard InChI is InChI=1S/C9H13.2CH3.Zr/c1-6-5-7(2)9(4)8(6)3;;;/h6H,1-4H3;2*1H3;. The van der Waals surface area contributed by atoms with Crippen molar-refractivity contribution in [2.75, 3.05) is 0 Å². The fourth-order valence-electron chi connectivity index (χ4n) is 2.17. The molecule has 0 aromatic carbocycles. The minimum absolute atomic E-state index is 0.773. The fraction of sp³-hybridized carbons (Fsp3) is 0.636. The van der Waals surface area contributed by atoms with Crippen molar-refractivity contribution in [2.45, 2.75) is 37.0 Å². The summed E-state index contributed by atoms with van der Waals surface area (Å²) in [6, 6.07) is 0. The molecule has 1 unspecified atom stereocenters. The maximum absolute atomic E-state index is 2.49. The summed E-state index contributed by atoms with van der Waals surface area (Å²) in [6.07, 6.45) is 0. The van der Waals surface area contributed by atoms with Crippen LogP contribution in [0.3, 0.4) is 0 Å². The van der Waals surface area contributed by atoms with Gasteiger partial charge in [0.15, 0.2) is 0 Å². The molecule has 1 atom stereocenters. The zero-order valence-electron chi connectivity index (χ0n) is 9.08. The van der Waals surface area contributed by atoms with Gasteiger partial charge in [-0.15, -0.1) is 0 Å². The Kier molecular flexibility index (Phi) is 3.15. The SMILES string of the molecule is CC1=C(C)C(C)[C]([Zr]([CH3])[CH3])=C1C. The quantitative estimate of drug-likeness (QED) is 0.653. The van der Waals surface area contributed by atoms with Gasteiger partial charge in [-0.3, -0.25) is 0 Å². The summed E-state index contributed by atoms with van der Waals surface area (Å²) >= 11 is -1.11. The molecule has 1 rings (SSSR count). The Hall–Kier alpha value is 0.363. The van der Waals surface area contributed by atoms with Crippen molar-refractivity contribution in [1.29, 1.82) is 0 Å². The number of allylic oxidation sites excluding steroid dienone is 4. The van der Waals surface area contributed by atoms with Gasteiger partial charge >= 0.3 is 84.6 Å². The minimum atomic E-state index is -1.11. The molecule has 0 aliphatic heterocycles. The summed E-state index contributed by atoms with van der Waals surface area (Å²) in [5.74, 6) is 0.773. The van der Waals surface area contributed by atoms with Crippen LogP contribution in [0.15, 0.2) is 20.0 Å². The van der Waals surface area contributed by atoms with Gasteiger partial charge in [0.2, 0.25) is 0 Å². The number of rotatable bonds is 1. The second-order valence-corrected chi connectivity index (χ2v) is 10.3. The van der Waals surface area contributed by atoms with Crippen molar-refractivity contribution >= 4 is 0 Å². The Balaban J connectivity index is 3.09. The predicted molar refractivity (Wildman–Crippen MR) is 52.0 cm³/mol. The fourth-order valence-corrected chi connectivity index (χ4v) is 7.14. The molecular weight excluding hydrogens is 223 g/mol. The van der Waals surface area contributed by atoms with E-state index in [2.05, 4.69) is 37.0 Å². The summed E-state index contributed by atoms with van der Waals surface area (Å²) in [5, 5.41) is 0. The second kappa shape index (κ2) is 3.62. The van der Waals surface area contributed by atoms with Gasteiger partial charge in [-0.05, 0) is 0 Å². The molecule has 1 aliphatic rings. The molecule has 67 valence electrons. The molecule has 0 aromatic rings. The van der Waals surface area contributed by atoms with Gasteiger partial charge in [0.1, 0.15) is 0 Å². The Labute approximate surface area is 84.4 Å². The molecule has 0 bridgehead atoms. The molecule has 0 amide bonds. The van der Waals surface area contributed by atoms with Crippen LogP contribution in [-0.2, 0) is 21.8 Å². The Bertz CT molecular complexity index is 256. The Morgan fingerprint density at radius 1 is 1.00 bits per heavy atom. The average Bonchev–Trinajstić information content (AvgIpc) is 2.16. The van der Waals surface area contributed by atoms with E-state index in [1.54, 1.807) is 16.7 Å². The van der Waals surface area contributed by atoms with E-state index in [0.29, 0.717) is 0 Å². The van der Waals surface area contributed by atoms with Crippen LogP contribution in [0.5, 0.6) is 0 Å². The van der Waals surface area contributed by atoms with Gasteiger partial charge in [-0.25, -0.2) is 0 Å². The Morgan fingerprint density at radius 3 is 1.67 bits per heavy atom.